The first-order valence-electron chi connectivity index (χ1n) is 10.5. The summed E-state index contributed by atoms with van der Waals surface area (Å²) in [5.41, 5.74) is 3.25. The maximum Gasteiger partial charge on any atom is 0.225 e. The fourth-order valence-corrected chi connectivity index (χ4v) is 4.30. The molecule has 0 spiro atoms. The van der Waals surface area contributed by atoms with Crippen molar-refractivity contribution < 1.29 is 13.9 Å². The van der Waals surface area contributed by atoms with Crippen molar-refractivity contribution in [3.8, 4) is 5.75 Å². The van der Waals surface area contributed by atoms with E-state index in [2.05, 4.69) is 20.2 Å². The summed E-state index contributed by atoms with van der Waals surface area (Å²) in [4.78, 5) is 24.0. The summed E-state index contributed by atoms with van der Waals surface area (Å²) in [6.07, 6.45) is 3.34. The lowest BCUT2D eigenvalue weighted by molar-refractivity contribution is -0.125. The smallest absolute Gasteiger partial charge is 0.225 e. The highest BCUT2D eigenvalue weighted by molar-refractivity contribution is 6.05. The lowest BCUT2D eigenvalue weighted by Gasteiger charge is -2.32. The molecule has 4 aromatic rings. The van der Waals surface area contributed by atoms with Crippen molar-refractivity contribution >= 4 is 33.8 Å². The number of carbonyl (C=O) groups excluding carboxylic acids is 1. The van der Waals surface area contributed by atoms with Gasteiger partial charge in [-0.2, -0.15) is 0 Å². The molecule has 5 rings (SSSR count). The van der Waals surface area contributed by atoms with Crippen molar-refractivity contribution in [3.05, 3.63) is 60.4 Å². The van der Waals surface area contributed by atoms with Crippen molar-refractivity contribution in [2.24, 2.45) is 5.92 Å². The van der Waals surface area contributed by atoms with Crippen molar-refractivity contribution in [3.63, 3.8) is 0 Å². The molecule has 2 aromatic carbocycles. The number of fused-ring (bicyclic) bond motifs is 3. The van der Waals surface area contributed by atoms with E-state index < -0.39 is 0 Å². The number of aromatic nitrogens is 2. The van der Waals surface area contributed by atoms with Gasteiger partial charge in [0.25, 0.3) is 0 Å². The Morgan fingerprint density at radius 1 is 1.19 bits per heavy atom. The number of nitrogens with one attached hydrogen (secondary N) is 1. The second-order valence-corrected chi connectivity index (χ2v) is 7.79. The van der Waals surface area contributed by atoms with Crippen LogP contribution in [0.2, 0.25) is 0 Å². The van der Waals surface area contributed by atoms with Gasteiger partial charge in [-0.05, 0) is 31.0 Å². The quantitative estimate of drug-likeness (QED) is 0.531. The summed E-state index contributed by atoms with van der Waals surface area (Å²) in [5.74, 6) is 1.47. The minimum Gasteiger partial charge on any atom is -0.496 e. The molecule has 158 valence electrons. The highest BCUT2D eigenvalue weighted by Gasteiger charge is 2.28. The molecule has 1 aliphatic rings. The van der Waals surface area contributed by atoms with Crippen molar-refractivity contribution in [1.82, 2.24) is 15.3 Å². The molecule has 1 N–H and O–H groups in total. The van der Waals surface area contributed by atoms with Crippen LogP contribution < -0.4 is 15.0 Å². The summed E-state index contributed by atoms with van der Waals surface area (Å²) in [6, 6.07) is 15.6. The summed E-state index contributed by atoms with van der Waals surface area (Å²) in [7, 11) is 1.64. The molecule has 0 saturated carbocycles. The van der Waals surface area contributed by atoms with E-state index in [1.54, 1.807) is 13.4 Å². The van der Waals surface area contributed by atoms with E-state index in [0.29, 0.717) is 18.7 Å². The zero-order valence-corrected chi connectivity index (χ0v) is 17.4. The van der Waals surface area contributed by atoms with Crippen LogP contribution in [0.5, 0.6) is 5.75 Å². The molecular formula is C24H24N4O3. The second kappa shape index (κ2) is 8.26. The summed E-state index contributed by atoms with van der Waals surface area (Å²) >= 11 is 0. The highest BCUT2D eigenvalue weighted by atomic mass is 16.5. The Kier molecular flexibility index (Phi) is 5.16. The predicted molar refractivity (Wildman–Crippen MR) is 119 cm³/mol. The van der Waals surface area contributed by atoms with E-state index in [1.165, 1.54) is 0 Å². The largest absolute Gasteiger partial charge is 0.496 e. The van der Waals surface area contributed by atoms with Crippen LogP contribution in [-0.4, -0.2) is 36.1 Å². The highest BCUT2D eigenvalue weighted by Crippen LogP contribution is 2.33. The molecule has 0 radical (unpaired) electrons. The van der Waals surface area contributed by atoms with Gasteiger partial charge in [-0.15, -0.1) is 0 Å². The molecule has 1 fully saturated rings. The van der Waals surface area contributed by atoms with E-state index >= 15 is 0 Å². The van der Waals surface area contributed by atoms with Crippen LogP contribution in [0.3, 0.4) is 0 Å². The Labute approximate surface area is 180 Å². The van der Waals surface area contributed by atoms with Crippen LogP contribution in [0.15, 0.2) is 59.3 Å². The minimum absolute atomic E-state index is 0.0468. The first kappa shape index (κ1) is 19.4. The number of rotatable bonds is 5. The Morgan fingerprint density at radius 3 is 2.94 bits per heavy atom. The molecule has 1 atom stereocenters. The minimum atomic E-state index is -0.113. The summed E-state index contributed by atoms with van der Waals surface area (Å²) < 4.78 is 11.5. The number of methoxy groups -OCH3 is 1. The molecule has 1 saturated heterocycles. The fourth-order valence-electron chi connectivity index (χ4n) is 4.30. The molecular weight excluding hydrogens is 392 g/mol. The fraction of sp³-hybridized carbons (Fsp3) is 0.292. The molecule has 0 bridgehead atoms. The topological polar surface area (TPSA) is 80.5 Å². The second-order valence-electron chi connectivity index (χ2n) is 7.79. The monoisotopic (exact) mass is 416 g/mol. The number of hydrogen-bond acceptors (Lipinski definition) is 6. The lowest BCUT2D eigenvalue weighted by Crippen LogP contribution is -2.43. The molecule has 0 unspecified atom stereocenters. The van der Waals surface area contributed by atoms with Gasteiger partial charge in [0, 0.05) is 30.6 Å². The first-order valence-corrected chi connectivity index (χ1v) is 10.5. The average Bonchev–Trinajstić information content (AvgIpc) is 3.21. The Morgan fingerprint density at radius 2 is 2.03 bits per heavy atom. The number of carbonyl (C=O) groups is 1. The third kappa shape index (κ3) is 3.67. The number of para-hydroxylation sites is 2. The standard InChI is InChI=1S/C24H24N4O3/c1-30-19-10-4-2-7-16(19)13-25-24(29)17-8-6-12-28(14-17)23-22-21(26-15-27-23)18-9-3-5-11-20(18)31-22/h2-5,7,9-11,15,17H,6,8,12-14H2,1H3,(H,25,29)/t17-/m0/s1. The first-order chi connectivity index (χ1) is 15.2. The maximum atomic E-state index is 12.9. The number of benzene rings is 2. The number of nitrogens with zero attached hydrogens (tertiary/aromatic N) is 3. The molecule has 7 nitrogen and oxygen atoms in total. The van der Waals surface area contributed by atoms with Gasteiger partial charge < -0.3 is 19.4 Å². The van der Waals surface area contributed by atoms with E-state index in [0.717, 1.165) is 53.0 Å². The van der Waals surface area contributed by atoms with E-state index in [-0.39, 0.29) is 11.8 Å². The number of anilines is 1. The van der Waals surface area contributed by atoms with Crippen LogP contribution >= 0.6 is 0 Å². The lowest BCUT2D eigenvalue weighted by atomic mass is 9.97. The van der Waals surface area contributed by atoms with Gasteiger partial charge in [0.1, 0.15) is 23.2 Å². The SMILES string of the molecule is COc1ccccc1CNC(=O)[C@H]1CCCN(c2ncnc3c2oc2ccccc23)C1. The molecule has 7 heteroatoms. The van der Waals surface area contributed by atoms with Crippen molar-refractivity contribution in [2.75, 3.05) is 25.1 Å². The zero-order valence-electron chi connectivity index (χ0n) is 17.4. The van der Waals surface area contributed by atoms with E-state index in [9.17, 15) is 4.79 Å². The van der Waals surface area contributed by atoms with Crippen molar-refractivity contribution in [1.29, 1.82) is 0 Å². The van der Waals surface area contributed by atoms with Crippen LogP contribution in [-0.2, 0) is 11.3 Å². The Hall–Kier alpha value is -3.61. The van der Waals surface area contributed by atoms with Gasteiger partial charge in [-0.1, -0.05) is 30.3 Å². The summed E-state index contributed by atoms with van der Waals surface area (Å²) in [5, 5.41) is 4.05. The van der Waals surface area contributed by atoms with E-state index in [1.807, 2.05) is 48.5 Å². The van der Waals surface area contributed by atoms with Gasteiger partial charge in [0.05, 0.1) is 13.0 Å². The Bertz CT molecular complexity index is 1240. The van der Waals surface area contributed by atoms with Crippen molar-refractivity contribution in [2.45, 2.75) is 19.4 Å². The molecule has 2 aromatic heterocycles. The van der Waals surface area contributed by atoms with Crippen LogP contribution in [0.25, 0.3) is 22.1 Å². The summed E-state index contributed by atoms with van der Waals surface area (Å²) in [6.45, 7) is 1.88. The maximum absolute atomic E-state index is 12.9. The predicted octanol–water partition coefficient (Wildman–Crippen LogP) is 3.92. The molecule has 1 aliphatic heterocycles. The Balaban J connectivity index is 1.34. The molecule has 1 amide bonds. The normalized spacial score (nSPS) is 16.5. The average molecular weight is 416 g/mol. The number of hydrogen-bond donors (Lipinski definition) is 1. The third-order valence-corrected chi connectivity index (χ3v) is 5.88. The van der Waals surface area contributed by atoms with Crippen LogP contribution in [0.4, 0.5) is 5.82 Å². The van der Waals surface area contributed by atoms with Crippen LogP contribution in [0.1, 0.15) is 18.4 Å². The van der Waals surface area contributed by atoms with Gasteiger partial charge in [-0.25, -0.2) is 9.97 Å². The number of furan rings is 1. The number of piperidine rings is 1. The number of ether oxygens (including phenoxy) is 1. The molecule has 0 aliphatic carbocycles. The number of amides is 1. The zero-order chi connectivity index (χ0) is 21.2. The van der Waals surface area contributed by atoms with E-state index in [4.69, 9.17) is 9.15 Å². The van der Waals surface area contributed by atoms with Gasteiger partial charge in [-0.3, -0.25) is 4.79 Å². The van der Waals surface area contributed by atoms with Crippen LogP contribution in [0, 0.1) is 5.92 Å². The van der Waals surface area contributed by atoms with Gasteiger partial charge >= 0.3 is 0 Å². The molecule has 3 heterocycles. The van der Waals surface area contributed by atoms with Gasteiger partial charge in [0.2, 0.25) is 5.91 Å². The third-order valence-electron chi connectivity index (χ3n) is 5.88. The van der Waals surface area contributed by atoms with Gasteiger partial charge in [0.15, 0.2) is 11.4 Å². The molecule has 31 heavy (non-hydrogen) atoms.